The SMILES string of the molecule is C[C@@H]1CN([C@@H](C)C(=O)Nc2ccccc2Cl)C[C@@H](C)O1. The van der Waals surface area contributed by atoms with Crippen LogP contribution in [-0.4, -0.2) is 42.1 Å². The molecule has 3 atom stereocenters. The Kier molecular flexibility index (Phi) is 5.02. The number of ether oxygens (including phenoxy) is 1. The molecule has 0 spiro atoms. The molecule has 0 saturated carbocycles. The fourth-order valence-corrected chi connectivity index (χ4v) is 2.68. The summed E-state index contributed by atoms with van der Waals surface area (Å²) in [5.74, 6) is -0.0422. The second-order valence-corrected chi connectivity index (χ2v) is 5.76. The average Bonchev–Trinajstić information content (AvgIpc) is 2.39. The van der Waals surface area contributed by atoms with Crippen LogP contribution in [-0.2, 0) is 9.53 Å². The van der Waals surface area contributed by atoms with Crippen molar-refractivity contribution >= 4 is 23.2 Å². The summed E-state index contributed by atoms with van der Waals surface area (Å²) in [6, 6.07) is 7.05. The number of nitrogens with one attached hydrogen (secondary N) is 1. The van der Waals surface area contributed by atoms with E-state index in [1.54, 1.807) is 12.1 Å². The van der Waals surface area contributed by atoms with Gasteiger partial charge >= 0.3 is 0 Å². The third-order valence-electron chi connectivity index (χ3n) is 3.51. The van der Waals surface area contributed by atoms with Crippen LogP contribution in [0.15, 0.2) is 24.3 Å². The Labute approximate surface area is 125 Å². The highest BCUT2D eigenvalue weighted by Crippen LogP contribution is 2.21. The van der Waals surface area contributed by atoms with Gasteiger partial charge in [0.2, 0.25) is 5.91 Å². The van der Waals surface area contributed by atoms with Crippen molar-refractivity contribution in [2.24, 2.45) is 0 Å². The summed E-state index contributed by atoms with van der Waals surface area (Å²) >= 11 is 6.06. The maximum Gasteiger partial charge on any atom is 0.241 e. The van der Waals surface area contributed by atoms with Gasteiger partial charge < -0.3 is 10.1 Å². The maximum absolute atomic E-state index is 12.3. The van der Waals surface area contributed by atoms with Crippen molar-refractivity contribution in [1.29, 1.82) is 0 Å². The first-order valence-corrected chi connectivity index (χ1v) is 7.30. The molecule has 1 N–H and O–H groups in total. The van der Waals surface area contributed by atoms with Crippen molar-refractivity contribution in [3.8, 4) is 0 Å². The zero-order valence-electron chi connectivity index (χ0n) is 12.1. The Bertz CT molecular complexity index is 471. The summed E-state index contributed by atoms with van der Waals surface area (Å²) in [4.78, 5) is 14.5. The van der Waals surface area contributed by atoms with E-state index in [1.807, 2.05) is 32.9 Å². The normalized spacial score (nSPS) is 25.2. The van der Waals surface area contributed by atoms with Gasteiger partial charge in [0.25, 0.3) is 0 Å². The largest absolute Gasteiger partial charge is 0.373 e. The smallest absolute Gasteiger partial charge is 0.241 e. The Hall–Kier alpha value is -1.10. The lowest BCUT2D eigenvalue weighted by atomic mass is 10.1. The molecule has 1 aromatic rings. The zero-order valence-corrected chi connectivity index (χ0v) is 12.9. The Morgan fingerprint density at radius 2 is 1.95 bits per heavy atom. The van der Waals surface area contributed by atoms with Crippen molar-refractivity contribution in [2.45, 2.75) is 39.0 Å². The number of rotatable bonds is 3. The Balaban J connectivity index is 2.00. The minimum Gasteiger partial charge on any atom is -0.373 e. The van der Waals surface area contributed by atoms with Crippen molar-refractivity contribution in [3.05, 3.63) is 29.3 Å². The number of halogens is 1. The predicted octanol–water partition coefficient (Wildman–Crippen LogP) is 2.78. The van der Waals surface area contributed by atoms with E-state index >= 15 is 0 Å². The van der Waals surface area contributed by atoms with Crippen LogP contribution in [0.4, 0.5) is 5.69 Å². The van der Waals surface area contributed by atoms with Gasteiger partial charge in [0.05, 0.1) is 29.0 Å². The summed E-state index contributed by atoms with van der Waals surface area (Å²) in [7, 11) is 0. The van der Waals surface area contributed by atoms with Crippen LogP contribution in [0.5, 0.6) is 0 Å². The molecule has 0 bridgehead atoms. The van der Waals surface area contributed by atoms with Crippen LogP contribution in [0.2, 0.25) is 5.02 Å². The monoisotopic (exact) mass is 296 g/mol. The highest BCUT2D eigenvalue weighted by molar-refractivity contribution is 6.33. The molecule has 1 amide bonds. The molecular formula is C15H21ClN2O2. The van der Waals surface area contributed by atoms with Crippen molar-refractivity contribution < 1.29 is 9.53 Å². The quantitative estimate of drug-likeness (QED) is 0.932. The number of carbonyl (C=O) groups is 1. The van der Waals surface area contributed by atoms with Crippen LogP contribution >= 0.6 is 11.6 Å². The summed E-state index contributed by atoms with van der Waals surface area (Å²) in [6.45, 7) is 7.50. The second-order valence-electron chi connectivity index (χ2n) is 5.36. The molecule has 0 unspecified atom stereocenters. The lowest BCUT2D eigenvalue weighted by Crippen LogP contribution is -2.52. The van der Waals surface area contributed by atoms with Crippen molar-refractivity contribution in [1.82, 2.24) is 4.90 Å². The highest BCUT2D eigenvalue weighted by Gasteiger charge is 2.29. The van der Waals surface area contributed by atoms with E-state index in [0.717, 1.165) is 13.1 Å². The predicted molar refractivity (Wildman–Crippen MR) is 81.1 cm³/mol. The molecule has 2 rings (SSSR count). The van der Waals surface area contributed by atoms with E-state index in [-0.39, 0.29) is 24.2 Å². The van der Waals surface area contributed by atoms with Gasteiger partial charge in [0, 0.05) is 13.1 Å². The average molecular weight is 297 g/mol. The fraction of sp³-hybridized carbons (Fsp3) is 0.533. The standard InChI is InChI=1S/C15H21ClN2O2/c1-10-8-18(9-11(2)20-10)12(3)15(19)17-14-7-5-4-6-13(14)16/h4-7,10-12H,8-9H2,1-3H3,(H,17,19)/t10-,11-,12+/m1/s1. The molecule has 110 valence electrons. The number of amides is 1. The van der Waals surface area contributed by atoms with Gasteiger partial charge in [-0.3, -0.25) is 9.69 Å². The molecule has 20 heavy (non-hydrogen) atoms. The molecule has 0 aromatic heterocycles. The van der Waals surface area contributed by atoms with E-state index < -0.39 is 0 Å². The zero-order chi connectivity index (χ0) is 14.7. The Morgan fingerprint density at radius 3 is 2.55 bits per heavy atom. The number of carbonyl (C=O) groups excluding carboxylic acids is 1. The van der Waals surface area contributed by atoms with Gasteiger partial charge in [-0.2, -0.15) is 0 Å². The summed E-state index contributed by atoms with van der Waals surface area (Å²) in [5, 5.41) is 3.44. The van der Waals surface area contributed by atoms with Gasteiger partial charge in [-0.1, -0.05) is 23.7 Å². The van der Waals surface area contributed by atoms with Crippen LogP contribution in [0.3, 0.4) is 0 Å². The summed E-state index contributed by atoms with van der Waals surface area (Å²) in [6.07, 6.45) is 0.295. The number of hydrogen-bond acceptors (Lipinski definition) is 3. The van der Waals surface area contributed by atoms with E-state index in [0.29, 0.717) is 10.7 Å². The number of benzene rings is 1. The highest BCUT2D eigenvalue weighted by atomic mass is 35.5. The number of nitrogens with zero attached hydrogens (tertiary/aromatic N) is 1. The van der Waals surface area contributed by atoms with Crippen LogP contribution in [0.1, 0.15) is 20.8 Å². The first-order valence-electron chi connectivity index (χ1n) is 6.92. The van der Waals surface area contributed by atoms with Gasteiger partial charge in [-0.15, -0.1) is 0 Å². The lowest BCUT2D eigenvalue weighted by molar-refractivity contribution is -0.126. The third kappa shape index (κ3) is 3.72. The van der Waals surface area contributed by atoms with Gasteiger partial charge in [0.15, 0.2) is 0 Å². The number of anilines is 1. The van der Waals surface area contributed by atoms with Crippen molar-refractivity contribution in [3.63, 3.8) is 0 Å². The van der Waals surface area contributed by atoms with Gasteiger partial charge in [-0.25, -0.2) is 0 Å². The minimum atomic E-state index is -0.208. The molecule has 0 aliphatic carbocycles. The van der Waals surface area contributed by atoms with E-state index in [4.69, 9.17) is 16.3 Å². The van der Waals surface area contributed by atoms with E-state index in [1.165, 1.54) is 0 Å². The molecule has 1 aliphatic heterocycles. The lowest BCUT2D eigenvalue weighted by Gasteiger charge is -2.38. The van der Waals surface area contributed by atoms with E-state index in [9.17, 15) is 4.79 Å². The van der Waals surface area contributed by atoms with E-state index in [2.05, 4.69) is 10.2 Å². The molecule has 1 heterocycles. The first kappa shape index (κ1) is 15.3. The number of para-hydroxylation sites is 1. The molecule has 4 nitrogen and oxygen atoms in total. The summed E-state index contributed by atoms with van der Waals surface area (Å²) < 4.78 is 5.69. The molecule has 1 saturated heterocycles. The molecule has 1 aromatic carbocycles. The molecular weight excluding hydrogens is 276 g/mol. The van der Waals surface area contributed by atoms with Gasteiger partial charge in [0.1, 0.15) is 0 Å². The van der Waals surface area contributed by atoms with Crippen LogP contribution in [0.25, 0.3) is 0 Å². The first-order chi connectivity index (χ1) is 9.47. The number of hydrogen-bond donors (Lipinski definition) is 1. The van der Waals surface area contributed by atoms with Crippen molar-refractivity contribution in [2.75, 3.05) is 18.4 Å². The summed E-state index contributed by atoms with van der Waals surface area (Å²) in [5.41, 5.74) is 0.653. The minimum absolute atomic E-state index is 0.0422. The topological polar surface area (TPSA) is 41.6 Å². The number of morpholine rings is 1. The fourth-order valence-electron chi connectivity index (χ4n) is 2.50. The third-order valence-corrected chi connectivity index (χ3v) is 3.84. The molecule has 1 fully saturated rings. The van der Waals surface area contributed by atoms with Crippen LogP contribution in [0, 0.1) is 0 Å². The second kappa shape index (κ2) is 6.57. The van der Waals surface area contributed by atoms with Crippen LogP contribution < -0.4 is 5.32 Å². The molecule has 0 radical (unpaired) electrons. The molecule has 5 heteroatoms. The molecule has 1 aliphatic rings. The maximum atomic E-state index is 12.3. The Morgan fingerprint density at radius 1 is 1.35 bits per heavy atom. The van der Waals surface area contributed by atoms with Gasteiger partial charge in [-0.05, 0) is 32.9 Å².